The van der Waals surface area contributed by atoms with Gasteiger partial charge in [0.2, 0.25) is 0 Å². The topological polar surface area (TPSA) is 58.2 Å². The van der Waals surface area contributed by atoms with Crippen molar-refractivity contribution in [2.24, 2.45) is 0 Å². The molecule has 0 aliphatic carbocycles. The number of aryl methyl sites for hydroxylation is 1. The van der Waals surface area contributed by atoms with E-state index in [1.807, 2.05) is 13.8 Å². The number of hydrogen-bond acceptors (Lipinski definition) is 4. The van der Waals surface area contributed by atoms with Gasteiger partial charge in [0.15, 0.2) is 5.82 Å². The lowest BCUT2D eigenvalue weighted by atomic mass is 10.2. The summed E-state index contributed by atoms with van der Waals surface area (Å²) in [6.07, 6.45) is 4.44. The van der Waals surface area contributed by atoms with Crippen LogP contribution in [0.3, 0.4) is 0 Å². The van der Waals surface area contributed by atoms with Crippen molar-refractivity contribution < 1.29 is 9.53 Å². The molecule has 1 rings (SSSR count). The second-order valence-corrected chi connectivity index (χ2v) is 4.96. The maximum Gasteiger partial charge on any atom is 0.343 e. The van der Waals surface area contributed by atoms with Gasteiger partial charge in [-0.15, -0.1) is 0 Å². The number of aromatic nitrogens is 2. The molecule has 5 heteroatoms. The predicted molar refractivity (Wildman–Crippen MR) is 81.3 cm³/mol. The van der Waals surface area contributed by atoms with Crippen molar-refractivity contribution in [1.29, 1.82) is 0 Å². The molecule has 0 radical (unpaired) electrons. The zero-order valence-corrected chi connectivity index (χ0v) is 13.2. The van der Waals surface area contributed by atoms with E-state index in [4.69, 9.17) is 4.74 Å². The van der Waals surface area contributed by atoms with Crippen molar-refractivity contribution in [3.63, 3.8) is 0 Å². The van der Waals surface area contributed by atoms with E-state index in [2.05, 4.69) is 28.9 Å². The number of carbonyl (C=O) groups is 1. The van der Waals surface area contributed by atoms with E-state index in [9.17, 15) is 4.79 Å². The zero-order valence-electron chi connectivity index (χ0n) is 13.2. The standard InChI is InChI=1S/C15H27N3O2/c1-5-8-10-18(11-9-6-2)14-13(12(4)16-17-14)15(19)20-7-3/h5-11H2,1-4H3,(H,16,17). The number of H-pyrrole nitrogens is 1. The smallest absolute Gasteiger partial charge is 0.343 e. The number of nitrogens with one attached hydrogen (secondary N) is 1. The minimum absolute atomic E-state index is 0.285. The molecule has 0 aromatic carbocycles. The van der Waals surface area contributed by atoms with Gasteiger partial charge in [0.05, 0.1) is 6.61 Å². The Hall–Kier alpha value is -1.52. The van der Waals surface area contributed by atoms with Crippen LogP contribution in [0.4, 0.5) is 5.82 Å². The molecule has 0 fully saturated rings. The highest BCUT2D eigenvalue weighted by atomic mass is 16.5. The molecule has 20 heavy (non-hydrogen) atoms. The molecule has 0 aliphatic rings. The number of anilines is 1. The second-order valence-electron chi connectivity index (χ2n) is 4.96. The highest BCUT2D eigenvalue weighted by Crippen LogP contribution is 2.22. The van der Waals surface area contributed by atoms with Gasteiger partial charge in [0.1, 0.15) is 5.56 Å². The fourth-order valence-electron chi connectivity index (χ4n) is 2.11. The van der Waals surface area contributed by atoms with Crippen molar-refractivity contribution >= 4 is 11.8 Å². The first kappa shape index (κ1) is 16.5. The Morgan fingerprint density at radius 2 is 1.80 bits per heavy atom. The lowest BCUT2D eigenvalue weighted by Crippen LogP contribution is -2.28. The summed E-state index contributed by atoms with van der Waals surface area (Å²) in [5, 5.41) is 7.24. The van der Waals surface area contributed by atoms with E-state index < -0.39 is 0 Å². The van der Waals surface area contributed by atoms with E-state index in [1.54, 1.807) is 0 Å². The molecular formula is C15H27N3O2. The summed E-state index contributed by atoms with van der Waals surface area (Å²) < 4.78 is 5.14. The fraction of sp³-hybridized carbons (Fsp3) is 0.733. The normalized spacial score (nSPS) is 10.6. The van der Waals surface area contributed by atoms with E-state index in [-0.39, 0.29) is 5.97 Å². The van der Waals surface area contributed by atoms with E-state index >= 15 is 0 Å². The van der Waals surface area contributed by atoms with Gasteiger partial charge >= 0.3 is 5.97 Å². The minimum Gasteiger partial charge on any atom is -0.462 e. The zero-order chi connectivity index (χ0) is 15.0. The molecule has 0 atom stereocenters. The lowest BCUT2D eigenvalue weighted by Gasteiger charge is -2.23. The monoisotopic (exact) mass is 281 g/mol. The summed E-state index contributed by atoms with van der Waals surface area (Å²) >= 11 is 0. The Morgan fingerprint density at radius 3 is 2.30 bits per heavy atom. The van der Waals surface area contributed by atoms with Crippen molar-refractivity contribution in [1.82, 2.24) is 10.2 Å². The molecule has 0 saturated carbocycles. The average molecular weight is 281 g/mol. The Morgan fingerprint density at radius 1 is 1.20 bits per heavy atom. The molecule has 1 N–H and O–H groups in total. The molecule has 0 bridgehead atoms. The van der Waals surface area contributed by atoms with Gasteiger partial charge in [-0.2, -0.15) is 5.10 Å². The molecule has 0 aliphatic heterocycles. The maximum atomic E-state index is 12.1. The Bertz CT molecular complexity index is 407. The van der Waals surface area contributed by atoms with Crippen molar-refractivity contribution in [3.05, 3.63) is 11.3 Å². The fourth-order valence-corrected chi connectivity index (χ4v) is 2.11. The summed E-state index contributed by atoms with van der Waals surface area (Å²) in [4.78, 5) is 14.3. The first-order chi connectivity index (χ1) is 9.65. The third-order valence-corrected chi connectivity index (χ3v) is 3.27. The van der Waals surface area contributed by atoms with Crippen LogP contribution in [0.25, 0.3) is 0 Å². The van der Waals surface area contributed by atoms with Crippen LogP contribution in [0.1, 0.15) is 62.5 Å². The first-order valence-electron chi connectivity index (χ1n) is 7.62. The summed E-state index contributed by atoms with van der Waals surface area (Å²) in [5.41, 5.74) is 1.36. The van der Waals surface area contributed by atoms with Crippen LogP contribution in [0.5, 0.6) is 0 Å². The molecule has 1 aromatic rings. The van der Waals surface area contributed by atoms with Crippen LogP contribution < -0.4 is 4.90 Å². The van der Waals surface area contributed by atoms with Gasteiger partial charge in [-0.1, -0.05) is 26.7 Å². The number of ether oxygens (including phenoxy) is 1. The van der Waals surface area contributed by atoms with Gasteiger partial charge in [0.25, 0.3) is 0 Å². The predicted octanol–water partition coefficient (Wildman–Crippen LogP) is 3.30. The summed E-state index contributed by atoms with van der Waals surface area (Å²) in [7, 11) is 0. The molecule has 0 spiro atoms. The Kier molecular flexibility index (Phi) is 7.12. The molecule has 114 valence electrons. The number of nitrogens with zero attached hydrogens (tertiary/aromatic N) is 2. The van der Waals surface area contributed by atoms with E-state index in [1.165, 1.54) is 0 Å². The Labute approximate surface area is 121 Å². The first-order valence-corrected chi connectivity index (χ1v) is 7.62. The van der Waals surface area contributed by atoms with Crippen molar-refractivity contribution in [2.45, 2.75) is 53.4 Å². The molecule has 5 nitrogen and oxygen atoms in total. The molecular weight excluding hydrogens is 254 g/mol. The molecule has 0 unspecified atom stereocenters. The summed E-state index contributed by atoms with van der Waals surface area (Å²) in [6, 6.07) is 0. The highest BCUT2D eigenvalue weighted by molar-refractivity contribution is 5.96. The van der Waals surface area contributed by atoms with Crippen LogP contribution in [-0.2, 0) is 4.74 Å². The van der Waals surface area contributed by atoms with Gasteiger partial charge in [-0.05, 0) is 26.7 Å². The van der Waals surface area contributed by atoms with Gasteiger partial charge in [0, 0.05) is 18.8 Å². The highest BCUT2D eigenvalue weighted by Gasteiger charge is 2.23. The second kappa shape index (κ2) is 8.61. The minimum atomic E-state index is -0.285. The average Bonchev–Trinajstić information content (AvgIpc) is 2.81. The summed E-state index contributed by atoms with van der Waals surface area (Å²) in [5.74, 6) is 0.453. The van der Waals surface area contributed by atoms with Crippen LogP contribution in [-0.4, -0.2) is 35.9 Å². The van der Waals surface area contributed by atoms with Crippen LogP contribution in [0.15, 0.2) is 0 Å². The molecule has 0 saturated heterocycles. The van der Waals surface area contributed by atoms with E-state index in [0.29, 0.717) is 12.2 Å². The van der Waals surface area contributed by atoms with Crippen LogP contribution in [0.2, 0.25) is 0 Å². The number of carbonyl (C=O) groups excluding carboxylic acids is 1. The largest absolute Gasteiger partial charge is 0.462 e. The van der Waals surface area contributed by atoms with Crippen molar-refractivity contribution in [3.8, 4) is 0 Å². The number of esters is 1. The Balaban J connectivity index is 2.96. The maximum absolute atomic E-state index is 12.1. The van der Waals surface area contributed by atoms with Crippen molar-refractivity contribution in [2.75, 3.05) is 24.6 Å². The van der Waals surface area contributed by atoms with Gasteiger partial charge in [-0.25, -0.2) is 4.79 Å². The number of hydrogen-bond donors (Lipinski definition) is 1. The quantitative estimate of drug-likeness (QED) is 0.706. The SMILES string of the molecule is CCCCN(CCCC)c1n[nH]c(C)c1C(=O)OCC. The molecule has 0 amide bonds. The van der Waals surface area contributed by atoms with Gasteiger partial charge in [-0.3, -0.25) is 5.10 Å². The van der Waals surface area contributed by atoms with Crippen LogP contribution in [0, 0.1) is 6.92 Å². The third-order valence-electron chi connectivity index (χ3n) is 3.27. The summed E-state index contributed by atoms with van der Waals surface area (Å²) in [6.45, 7) is 10.2. The van der Waals surface area contributed by atoms with Crippen LogP contribution >= 0.6 is 0 Å². The molecule has 1 aromatic heterocycles. The number of aromatic amines is 1. The van der Waals surface area contributed by atoms with E-state index in [0.717, 1.165) is 50.3 Å². The number of rotatable bonds is 9. The number of unbranched alkanes of at least 4 members (excludes halogenated alkanes) is 2. The van der Waals surface area contributed by atoms with Gasteiger partial charge < -0.3 is 9.64 Å². The third kappa shape index (κ3) is 4.25. The lowest BCUT2D eigenvalue weighted by molar-refractivity contribution is 0.0526. The molecule has 1 heterocycles.